The van der Waals surface area contributed by atoms with Crippen LogP contribution in [-0.4, -0.2) is 45.3 Å². The van der Waals surface area contributed by atoms with Crippen molar-refractivity contribution in [3.05, 3.63) is 45.0 Å². The predicted molar refractivity (Wildman–Crippen MR) is 133 cm³/mol. The average Bonchev–Trinajstić information content (AvgIpc) is 3.62. The summed E-state index contributed by atoms with van der Waals surface area (Å²) in [7, 11) is 0. The maximum atomic E-state index is 13.6. The molecule has 1 unspecified atom stereocenters. The molecule has 12 heteroatoms. The van der Waals surface area contributed by atoms with Gasteiger partial charge in [0.05, 0.1) is 41.2 Å². The Morgan fingerprint density at radius 3 is 2.74 bits per heavy atom. The first-order valence-electron chi connectivity index (χ1n) is 11.6. The number of nitrogens with zero attached hydrogens (tertiary/aromatic N) is 5. The number of rotatable bonds is 9. The highest BCUT2D eigenvalue weighted by atomic mass is 35.5. The Hall–Kier alpha value is -3.46. The number of benzene rings is 1. The summed E-state index contributed by atoms with van der Waals surface area (Å²) in [6, 6.07) is 7.26. The van der Waals surface area contributed by atoms with Crippen LogP contribution in [0.4, 0.5) is 17.6 Å². The van der Waals surface area contributed by atoms with Crippen LogP contribution in [0.3, 0.4) is 0 Å². The van der Waals surface area contributed by atoms with Crippen LogP contribution >= 0.6 is 11.6 Å². The van der Waals surface area contributed by atoms with Gasteiger partial charge < -0.3 is 26.8 Å². The third-order valence-electron chi connectivity index (χ3n) is 6.32. The number of fused-ring (bicyclic) bond motifs is 1. The summed E-state index contributed by atoms with van der Waals surface area (Å²) in [5, 5.41) is 17.1. The molecule has 3 heterocycles. The molecular formula is C23H26ClN9O2. The molecule has 1 saturated carbocycles. The van der Waals surface area contributed by atoms with Crippen molar-refractivity contribution >= 4 is 40.1 Å². The van der Waals surface area contributed by atoms with Crippen molar-refractivity contribution in [1.29, 1.82) is 5.26 Å². The van der Waals surface area contributed by atoms with Gasteiger partial charge in [0.1, 0.15) is 23.3 Å². The van der Waals surface area contributed by atoms with E-state index in [2.05, 4.69) is 20.6 Å². The Labute approximate surface area is 206 Å². The van der Waals surface area contributed by atoms with Crippen molar-refractivity contribution in [3.63, 3.8) is 0 Å². The van der Waals surface area contributed by atoms with Gasteiger partial charge in [0.2, 0.25) is 5.95 Å². The third-order valence-corrected chi connectivity index (χ3v) is 6.64. The van der Waals surface area contributed by atoms with Gasteiger partial charge in [0.25, 0.3) is 5.56 Å². The minimum absolute atomic E-state index is 0.00117. The number of nitrogens with one attached hydrogen (secondary N) is 2. The lowest BCUT2D eigenvalue weighted by molar-refractivity contribution is -0.00502. The lowest BCUT2D eigenvalue weighted by Crippen LogP contribution is -2.46. The smallest absolute Gasteiger partial charge is 0.262 e. The van der Waals surface area contributed by atoms with Crippen molar-refractivity contribution < 1.29 is 4.74 Å². The predicted octanol–water partition coefficient (Wildman–Crippen LogP) is 1.82. The first-order chi connectivity index (χ1) is 17.0. The van der Waals surface area contributed by atoms with E-state index in [9.17, 15) is 10.1 Å². The van der Waals surface area contributed by atoms with E-state index in [-0.39, 0.29) is 40.7 Å². The molecule has 2 aromatic heterocycles. The molecule has 2 fully saturated rings. The van der Waals surface area contributed by atoms with Gasteiger partial charge in [-0.1, -0.05) is 17.7 Å². The molecular weight excluding hydrogens is 470 g/mol. The molecule has 0 radical (unpaired) electrons. The molecule has 5 rings (SSSR count). The third kappa shape index (κ3) is 4.73. The second-order valence-electron chi connectivity index (χ2n) is 8.86. The van der Waals surface area contributed by atoms with Gasteiger partial charge in [0, 0.05) is 6.54 Å². The van der Waals surface area contributed by atoms with Crippen LogP contribution in [-0.2, 0) is 11.3 Å². The van der Waals surface area contributed by atoms with E-state index < -0.39 is 0 Å². The van der Waals surface area contributed by atoms with Crippen molar-refractivity contribution in [2.45, 2.75) is 37.9 Å². The van der Waals surface area contributed by atoms with E-state index in [1.165, 1.54) is 0 Å². The van der Waals surface area contributed by atoms with E-state index in [1.807, 2.05) is 6.07 Å². The second-order valence-corrected chi connectivity index (χ2v) is 9.27. The summed E-state index contributed by atoms with van der Waals surface area (Å²) in [5.41, 5.74) is 12.1. The molecule has 1 saturated heterocycles. The number of halogens is 1. The second kappa shape index (κ2) is 9.65. The standard InChI is InChI=1S/C23H26ClN9O2/c24-15-3-1-4-16-17(15)22(34)33(8-2-7-28-13-10-35-11-13)21(29-16)18(12-5-6-12)30-20-14(9-25)19(26)31-23(27)32-20/h1,3-4,12-13,18,28H,2,5-8,10-11H2,(H5,26,27,30,31,32). The molecule has 0 spiro atoms. The van der Waals surface area contributed by atoms with Gasteiger partial charge in [-0.3, -0.25) is 9.36 Å². The lowest BCUT2D eigenvalue weighted by Gasteiger charge is -2.27. The molecule has 1 aliphatic heterocycles. The molecule has 0 amide bonds. The highest BCUT2D eigenvalue weighted by molar-refractivity contribution is 6.35. The molecule has 1 aliphatic carbocycles. The lowest BCUT2D eigenvalue weighted by atomic mass is 10.1. The summed E-state index contributed by atoms with van der Waals surface area (Å²) in [6.07, 6.45) is 2.61. The van der Waals surface area contributed by atoms with Crippen LogP contribution in [0.2, 0.25) is 5.02 Å². The summed E-state index contributed by atoms with van der Waals surface area (Å²) < 4.78 is 6.89. The summed E-state index contributed by atoms with van der Waals surface area (Å²) in [6.45, 7) is 2.60. The summed E-state index contributed by atoms with van der Waals surface area (Å²) in [4.78, 5) is 26.6. The van der Waals surface area contributed by atoms with Gasteiger partial charge in [-0.25, -0.2) is 4.98 Å². The zero-order valence-corrected chi connectivity index (χ0v) is 19.8. The number of aromatic nitrogens is 4. The molecule has 3 aromatic rings. The fraction of sp³-hybridized carbons (Fsp3) is 0.435. The van der Waals surface area contributed by atoms with Gasteiger partial charge in [-0.15, -0.1) is 0 Å². The van der Waals surface area contributed by atoms with E-state index >= 15 is 0 Å². The van der Waals surface area contributed by atoms with E-state index in [1.54, 1.807) is 22.8 Å². The highest BCUT2D eigenvalue weighted by Crippen LogP contribution is 2.43. The van der Waals surface area contributed by atoms with Gasteiger partial charge in [-0.2, -0.15) is 15.2 Å². The van der Waals surface area contributed by atoms with E-state index in [0.29, 0.717) is 47.6 Å². The van der Waals surface area contributed by atoms with Crippen LogP contribution in [0.5, 0.6) is 0 Å². The highest BCUT2D eigenvalue weighted by Gasteiger charge is 2.37. The van der Waals surface area contributed by atoms with Crippen molar-refractivity contribution in [3.8, 4) is 6.07 Å². The van der Waals surface area contributed by atoms with Crippen molar-refractivity contribution in [2.75, 3.05) is 36.5 Å². The Balaban J connectivity index is 1.55. The van der Waals surface area contributed by atoms with Gasteiger partial charge in [0.15, 0.2) is 5.82 Å². The Morgan fingerprint density at radius 2 is 2.06 bits per heavy atom. The van der Waals surface area contributed by atoms with Crippen molar-refractivity contribution in [2.24, 2.45) is 5.92 Å². The zero-order chi connectivity index (χ0) is 24.5. The fourth-order valence-electron chi connectivity index (χ4n) is 4.27. The van der Waals surface area contributed by atoms with Gasteiger partial charge in [-0.05, 0) is 43.9 Å². The molecule has 35 heavy (non-hydrogen) atoms. The number of anilines is 3. The fourth-order valence-corrected chi connectivity index (χ4v) is 4.52. The van der Waals surface area contributed by atoms with E-state index in [4.69, 9.17) is 32.8 Å². The van der Waals surface area contributed by atoms with Crippen molar-refractivity contribution in [1.82, 2.24) is 24.8 Å². The number of nitrogen functional groups attached to an aromatic ring is 2. The van der Waals surface area contributed by atoms with Crippen LogP contribution in [0, 0.1) is 17.2 Å². The molecule has 1 aromatic carbocycles. The van der Waals surface area contributed by atoms with Crippen LogP contribution in [0.1, 0.15) is 36.7 Å². The monoisotopic (exact) mass is 495 g/mol. The molecule has 1 atom stereocenters. The number of nitriles is 1. The Bertz CT molecular complexity index is 1360. The number of hydrogen-bond donors (Lipinski definition) is 4. The summed E-state index contributed by atoms with van der Waals surface area (Å²) in [5.74, 6) is 0.963. The van der Waals surface area contributed by atoms with Gasteiger partial charge >= 0.3 is 0 Å². The van der Waals surface area contributed by atoms with Crippen LogP contribution < -0.4 is 27.7 Å². The number of ether oxygens (including phenoxy) is 1. The first kappa shape index (κ1) is 23.3. The maximum absolute atomic E-state index is 13.6. The Kier molecular flexibility index (Phi) is 6.42. The first-order valence-corrected chi connectivity index (χ1v) is 11.9. The molecule has 182 valence electrons. The SMILES string of the molecule is N#Cc1c(N)nc(N)nc1NC(c1nc2cccc(Cl)c2c(=O)n1CCCNC1COC1)C1CC1. The maximum Gasteiger partial charge on any atom is 0.262 e. The van der Waals surface area contributed by atoms with Crippen LogP contribution in [0.25, 0.3) is 10.9 Å². The topological polar surface area (TPSA) is 170 Å². The van der Waals surface area contributed by atoms with E-state index in [0.717, 1.165) is 25.8 Å². The zero-order valence-electron chi connectivity index (χ0n) is 19.0. The minimum Gasteiger partial charge on any atom is -0.382 e. The minimum atomic E-state index is -0.375. The summed E-state index contributed by atoms with van der Waals surface area (Å²) >= 11 is 6.40. The molecule has 2 aliphatic rings. The quantitative estimate of drug-likeness (QED) is 0.321. The number of hydrogen-bond acceptors (Lipinski definition) is 10. The number of nitrogens with two attached hydrogens (primary N) is 2. The normalized spacial score (nSPS) is 16.6. The molecule has 6 N–H and O–H groups in total. The Morgan fingerprint density at radius 1 is 1.26 bits per heavy atom. The largest absolute Gasteiger partial charge is 0.382 e. The van der Waals surface area contributed by atoms with Crippen LogP contribution in [0.15, 0.2) is 23.0 Å². The average molecular weight is 496 g/mol. The molecule has 0 bridgehead atoms. The molecule has 11 nitrogen and oxygen atoms in total.